The standard InChI is InChI=1S/C22H29F3N2O4/c1-20(2,3)14-7-8-16-15(12-14)21(29,22(23,24)25)27(26-16)19(28)11-13-6-9-17(30-4)18(10-13)31-5/h6,9-10,14-15,29H,7-8,11-12H2,1-5H3/t14-,15-,21+/m0/s1. The van der Waals surface area contributed by atoms with Gasteiger partial charge in [-0.1, -0.05) is 26.8 Å². The average molecular weight is 442 g/mol. The molecular formula is C22H29F3N2O4. The number of benzene rings is 1. The molecule has 172 valence electrons. The Morgan fingerprint density at radius 3 is 2.42 bits per heavy atom. The van der Waals surface area contributed by atoms with Crippen molar-refractivity contribution in [3.05, 3.63) is 23.8 Å². The first-order valence-electron chi connectivity index (χ1n) is 10.2. The first-order valence-corrected chi connectivity index (χ1v) is 10.2. The molecule has 1 fully saturated rings. The summed E-state index contributed by atoms with van der Waals surface area (Å²) in [6, 6.07) is 4.66. The van der Waals surface area contributed by atoms with Crippen LogP contribution in [0.3, 0.4) is 0 Å². The van der Waals surface area contributed by atoms with Gasteiger partial charge < -0.3 is 14.6 Å². The lowest BCUT2D eigenvalue weighted by molar-refractivity contribution is -0.318. The van der Waals surface area contributed by atoms with Gasteiger partial charge in [0.15, 0.2) is 11.5 Å². The molecule has 6 nitrogen and oxygen atoms in total. The summed E-state index contributed by atoms with van der Waals surface area (Å²) < 4.78 is 52.8. The normalized spacial score (nSPS) is 26.4. The van der Waals surface area contributed by atoms with Gasteiger partial charge >= 0.3 is 6.18 Å². The van der Waals surface area contributed by atoms with E-state index in [1.54, 1.807) is 12.1 Å². The van der Waals surface area contributed by atoms with Crippen LogP contribution in [0.25, 0.3) is 0 Å². The van der Waals surface area contributed by atoms with Crippen molar-refractivity contribution in [1.82, 2.24) is 5.01 Å². The Hall–Kier alpha value is -2.29. The maximum absolute atomic E-state index is 14.2. The van der Waals surface area contributed by atoms with Crippen LogP contribution >= 0.6 is 0 Å². The van der Waals surface area contributed by atoms with Gasteiger partial charge in [-0.25, -0.2) is 0 Å². The van der Waals surface area contributed by atoms with Gasteiger partial charge in [0, 0.05) is 5.71 Å². The van der Waals surface area contributed by atoms with Crippen LogP contribution in [0, 0.1) is 17.3 Å². The maximum Gasteiger partial charge on any atom is 0.439 e. The number of hydrogen-bond acceptors (Lipinski definition) is 5. The summed E-state index contributed by atoms with van der Waals surface area (Å²) >= 11 is 0. The van der Waals surface area contributed by atoms with Crippen molar-refractivity contribution in [3.63, 3.8) is 0 Å². The summed E-state index contributed by atoms with van der Waals surface area (Å²) in [5.41, 5.74) is -2.90. The van der Waals surface area contributed by atoms with Gasteiger partial charge in [0.1, 0.15) is 0 Å². The Labute approximate surface area is 180 Å². The minimum absolute atomic E-state index is 0.0220. The Balaban J connectivity index is 1.91. The van der Waals surface area contributed by atoms with Crippen LogP contribution in [0.5, 0.6) is 11.5 Å². The monoisotopic (exact) mass is 442 g/mol. The first-order chi connectivity index (χ1) is 14.3. The van der Waals surface area contributed by atoms with Gasteiger partial charge in [-0.2, -0.15) is 23.3 Å². The number of fused-ring (bicyclic) bond motifs is 1. The lowest BCUT2D eigenvalue weighted by Crippen LogP contribution is -2.62. The molecule has 0 spiro atoms. The highest BCUT2D eigenvalue weighted by Gasteiger charge is 2.69. The predicted octanol–water partition coefficient (Wildman–Crippen LogP) is 4.16. The number of hydrazone groups is 1. The molecule has 1 aliphatic heterocycles. The number of hydrogen-bond donors (Lipinski definition) is 1. The van der Waals surface area contributed by atoms with E-state index in [0.29, 0.717) is 29.9 Å². The molecule has 0 bridgehead atoms. The van der Waals surface area contributed by atoms with Crippen molar-refractivity contribution in [2.24, 2.45) is 22.4 Å². The topological polar surface area (TPSA) is 71.4 Å². The Bertz CT molecular complexity index is 878. The van der Waals surface area contributed by atoms with Crippen LogP contribution in [-0.2, 0) is 11.2 Å². The molecule has 0 radical (unpaired) electrons. The molecule has 3 rings (SSSR count). The van der Waals surface area contributed by atoms with Crippen molar-refractivity contribution < 1.29 is 32.5 Å². The van der Waals surface area contributed by atoms with E-state index >= 15 is 0 Å². The predicted molar refractivity (Wildman–Crippen MR) is 109 cm³/mol. The van der Waals surface area contributed by atoms with Crippen LogP contribution in [0.4, 0.5) is 13.2 Å². The lowest BCUT2D eigenvalue weighted by atomic mass is 9.66. The minimum atomic E-state index is -5.05. The second-order valence-corrected chi connectivity index (χ2v) is 9.28. The van der Waals surface area contributed by atoms with Crippen LogP contribution < -0.4 is 9.47 Å². The molecule has 1 aromatic carbocycles. The summed E-state index contributed by atoms with van der Waals surface area (Å²) in [6.07, 6.45) is -4.30. The Kier molecular flexibility index (Phi) is 6.03. The molecule has 1 heterocycles. The fourth-order valence-electron chi connectivity index (χ4n) is 4.49. The number of halogens is 3. The number of amides is 1. The minimum Gasteiger partial charge on any atom is -0.493 e. The summed E-state index contributed by atoms with van der Waals surface area (Å²) in [6.45, 7) is 5.92. The van der Waals surface area contributed by atoms with Crippen molar-refractivity contribution >= 4 is 11.6 Å². The zero-order chi connectivity index (χ0) is 23.2. The molecule has 1 N–H and O–H groups in total. The highest BCUT2D eigenvalue weighted by Crippen LogP contribution is 2.52. The Morgan fingerprint density at radius 1 is 1.23 bits per heavy atom. The number of carbonyl (C=O) groups is 1. The Morgan fingerprint density at radius 2 is 1.87 bits per heavy atom. The van der Waals surface area contributed by atoms with Gasteiger partial charge in [-0.3, -0.25) is 4.79 Å². The molecule has 1 amide bonds. The highest BCUT2D eigenvalue weighted by molar-refractivity contribution is 5.93. The molecule has 0 unspecified atom stereocenters. The summed E-state index contributed by atoms with van der Waals surface area (Å²) in [7, 11) is 2.88. The highest BCUT2D eigenvalue weighted by atomic mass is 19.4. The maximum atomic E-state index is 14.2. The smallest absolute Gasteiger partial charge is 0.439 e. The molecule has 0 aromatic heterocycles. The van der Waals surface area contributed by atoms with E-state index in [1.165, 1.54) is 20.3 Å². The van der Waals surface area contributed by atoms with Crippen molar-refractivity contribution in [3.8, 4) is 11.5 Å². The number of nitrogens with zero attached hydrogens (tertiary/aromatic N) is 2. The fraction of sp³-hybridized carbons (Fsp3) is 0.636. The van der Waals surface area contributed by atoms with Gasteiger partial charge in [0.25, 0.3) is 5.72 Å². The molecule has 0 saturated heterocycles. The summed E-state index contributed by atoms with van der Waals surface area (Å²) in [4.78, 5) is 12.9. The second kappa shape index (κ2) is 8.00. The van der Waals surface area contributed by atoms with E-state index in [1.807, 2.05) is 20.8 Å². The van der Waals surface area contributed by atoms with Gasteiger partial charge in [-0.05, 0) is 48.3 Å². The summed E-state index contributed by atoms with van der Waals surface area (Å²) in [5.74, 6) is -1.42. The number of alkyl halides is 3. The van der Waals surface area contributed by atoms with Gasteiger partial charge in [0.2, 0.25) is 5.91 Å². The van der Waals surface area contributed by atoms with E-state index in [2.05, 4.69) is 5.10 Å². The van der Waals surface area contributed by atoms with Crippen molar-refractivity contribution in [2.45, 2.75) is 58.4 Å². The lowest BCUT2D eigenvalue weighted by Gasteiger charge is -2.42. The third kappa shape index (κ3) is 4.12. The third-order valence-electron chi connectivity index (χ3n) is 6.39. The number of methoxy groups -OCH3 is 2. The molecule has 1 aromatic rings. The second-order valence-electron chi connectivity index (χ2n) is 9.28. The quantitative estimate of drug-likeness (QED) is 0.760. The van der Waals surface area contributed by atoms with Crippen molar-refractivity contribution in [1.29, 1.82) is 0 Å². The molecule has 1 saturated carbocycles. The van der Waals surface area contributed by atoms with Gasteiger partial charge in [0.05, 0.1) is 26.6 Å². The first kappa shape index (κ1) is 23.4. The van der Waals surface area contributed by atoms with Crippen LogP contribution in [0.2, 0.25) is 0 Å². The van der Waals surface area contributed by atoms with E-state index in [-0.39, 0.29) is 34.9 Å². The average Bonchev–Trinajstić information content (AvgIpc) is 3.00. The number of aliphatic hydroxyl groups is 1. The molecule has 2 aliphatic rings. The molecule has 1 aliphatic carbocycles. The zero-order valence-corrected chi connectivity index (χ0v) is 18.4. The van der Waals surface area contributed by atoms with Crippen LogP contribution in [0.15, 0.2) is 23.3 Å². The van der Waals surface area contributed by atoms with E-state index in [9.17, 15) is 23.1 Å². The number of carbonyl (C=O) groups excluding carboxylic acids is 1. The van der Waals surface area contributed by atoms with Crippen LogP contribution in [-0.4, -0.2) is 47.9 Å². The van der Waals surface area contributed by atoms with E-state index in [0.717, 1.165) is 0 Å². The van der Waals surface area contributed by atoms with Crippen LogP contribution in [0.1, 0.15) is 45.6 Å². The van der Waals surface area contributed by atoms with Crippen molar-refractivity contribution in [2.75, 3.05) is 14.2 Å². The molecular weight excluding hydrogens is 413 g/mol. The molecule has 31 heavy (non-hydrogen) atoms. The third-order valence-corrected chi connectivity index (χ3v) is 6.39. The largest absolute Gasteiger partial charge is 0.493 e. The van der Waals surface area contributed by atoms with E-state index < -0.39 is 23.7 Å². The number of rotatable bonds is 4. The SMILES string of the molecule is COc1ccc(CC(=O)N2N=C3CC[C@H](C(C)(C)C)C[C@@H]3[C@@]2(O)C(F)(F)F)cc1OC. The number of ether oxygens (including phenoxy) is 2. The fourth-order valence-corrected chi connectivity index (χ4v) is 4.49. The van der Waals surface area contributed by atoms with Gasteiger partial charge in [-0.15, -0.1) is 0 Å². The molecule has 3 atom stereocenters. The summed E-state index contributed by atoms with van der Waals surface area (Å²) in [5, 5.41) is 15.2. The zero-order valence-electron chi connectivity index (χ0n) is 18.4. The van der Waals surface area contributed by atoms with E-state index in [4.69, 9.17) is 9.47 Å². The molecule has 9 heteroatoms.